The van der Waals surface area contributed by atoms with Crippen molar-refractivity contribution in [1.29, 1.82) is 0 Å². The first-order valence-corrected chi connectivity index (χ1v) is 11.4. The van der Waals surface area contributed by atoms with Gasteiger partial charge in [-0.1, -0.05) is 54.9 Å². The number of carbonyl (C=O) groups is 1. The molecule has 136 valence electrons. The fraction of sp³-hybridized carbons (Fsp3) is 0.500. The molecule has 0 spiro atoms. The predicted molar refractivity (Wildman–Crippen MR) is 105 cm³/mol. The molecule has 2 atom stereocenters. The van der Waals surface area contributed by atoms with E-state index in [0.717, 1.165) is 0 Å². The van der Waals surface area contributed by atoms with E-state index < -0.39 is 9.84 Å². The molecule has 0 N–H and O–H groups in total. The Balaban J connectivity index is 2.02. The lowest BCUT2D eigenvalue weighted by molar-refractivity contribution is -0.118. The van der Waals surface area contributed by atoms with Crippen LogP contribution in [0.1, 0.15) is 20.3 Å². The minimum Gasteiger partial charge on any atom is -0.314 e. The van der Waals surface area contributed by atoms with E-state index >= 15 is 0 Å². The molecule has 2 saturated heterocycles. The topological polar surface area (TPSA) is 66.8 Å². The van der Waals surface area contributed by atoms with Gasteiger partial charge in [-0.25, -0.2) is 8.42 Å². The molecule has 0 radical (unpaired) electrons. The number of aliphatic imine (C=N–C) groups is 1. The normalized spacial score (nSPS) is 26.4. The first-order chi connectivity index (χ1) is 11.7. The number of fused-ring (bicyclic) bond motifs is 1. The summed E-state index contributed by atoms with van der Waals surface area (Å²) in [5.74, 6) is 0.0779. The molecule has 25 heavy (non-hydrogen) atoms. The highest BCUT2D eigenvalue weighted by Gasteiger charge is 2.49. The van der Waals surface area contributed by atoms with Crippen molar-refractivity contribution in [3.05, 3.63) is 28.2 Å². The largest absolute Gasteiger partial charge is 0.314 e. The fourth-order valence-electron chi connectivity index (χ4n) is 3.03. The number of thioether (sulfide) groups is 1. The van der Waals surface area contributed by atoms with Gasteiger partial charge < -0.3 is 4.90 Å². The molecular formula is C16H18Cl2N2O3S2. The van der Waals surface area contributed by atoms with Crippen molar-refractivity contribution in [2.75, 3.05) is 16.4 Å². The van der Waals surface area contributed by atoms with Crippen molar-refractivity contribution >= 4 is 61.6 Å². The molecule has 2 heterocycles. The zero-order valence-electron chi connectivity index (χ0n) is 13.8. The predicted octanol–water partition coefficient (Wildman–Crippen LogP) is 3.64. The smallest absolute Gasteiger partial charge is 0.248 e. The molecular weight excluding hydrogens is 403 g/mol. The molecule has 0 bridgehead atoms. The van der Waals surface area contributed by atoms with Crippen LogP contribution in [0.3, 0.4) is 0 Å². The Labute approximate surface area is 161 Å². The van der Waals surface area contributed by atoms with Gasteiger partial charge in [0.05, 0.1) is 33.3 Å². The molecule has 9 heteroatoms. The minimum absolute atomic E-state index is 0.0187. The molecule has 0 aromatic heterocycles. The third kappa shape index (κ3) is 3.99. The maximum absolute atomic E-state index is 12.2. The van der Waals surface area contributed by atoms with E-state index in [9.17, 15) is 13.2 Å². The summed E-state index contributed by atoms with van der Waals surface area (Å²) < 4.78 is 24.1. The number of nitrogens with zero attached hydrogens (tertiary/aromatic N) is 2. The van der Waals surface area contributed by atoms with Gasteiger partial charge in [0, 0.05) is 11.7 Å². The van der Waals surface area contributed by atoms with Crippen LogP contribution in [0.4, 0.5) is 5.69 Å². The molecule has 0 unspecified atom stereocenters. The Morgan fingerprint density at radius 1 is 1.36 bits per heavy atom. The molecule has 2 fully saturated rings. The Kier molecular flexibility index (Phi) is 5.40. The van der Waals surface area contributed by atoms with E-state index in [0.29, 0.717) is 27.3 Å². The van der Waals surface area contributed by atoms with Crippen LogP contribution in [0.5, 0.6) is 0 Å². The molecule has 5 nitrogen and oxygen atoms in total. The molecule has 2 aliphatic heterocycles. The monoisotopic (exact) mass is 420 g/mol. The van der Waals surface area contributed by atoms with Gasteiger partial charge >= 0.3 is 0 Å². The first kappa shape index (κ1) is 19.0. The van der Waals surface area contributed by atoms with Crippen molar-refractivity contribution < 1.29 is 13.2 Å². The van der Waals surface area contributed by atoms with E-state index in [1.165, 1.54) is 11.8 Å². The number of amidine groups is 1. The summed E-state index contributed by atoms with van der Waals surface area (Å²) in [6.07, 6.45) is 0.342. The molecule has 1 aromatic rings. The zero-order chi connectivity index (χ0) is 18.4. The van der Waals surface area contributed by atoms with E-state index in [-0.39, 0.29) is 34.6 Å². The lowest BCUT2D eigenvalue weighted by Crippen LogP contribution is -2.38. The van der Waals surface area contributed by atoms with Gasteiger partial charge in [0.1, 0.15) is 0 Å². The summed E-state index contributed by atoms with van der Waals surface area (Å²) in [5.41, 5.74) is 0.586. The van der Waals surface area contributed by atoms with Gasteiger partial charge in [-0.15, -0.1) is 0 Å². The van der Waals surface area contributed by atoms with Crippen molar-refractivity contribution in [3.63, 3.8) is 0 Å². The second kappa shape index (κ2) is 7.10. The summed E-state index contributed by atoms with van der Waals surface area (Å²) in [6, 6.07) is 4.89. The highest BCUT2D eigenvalue weighted by atomic mass is 35.5. The number of sulfone groups is 1. The van der Waals surface area contributed by atoms with Gasteiger partial charge in [0.15, 0.2) is 15.0 Å². The van der Waals surface area contributed by atoms with Crippen LogP contribution >= 0.6 is 35.0 Å². The fourth-order valence-corrected chi connectivity index (χ4v) is 7.34. The summed E-state index contributed by atoms with van der Waals surface area (Å²) in [5, 5.41) is 1.05. The molecule has 2 aliphatic rings. The lowest BCUT2D eigenvalue weighted by atomic mass is 10.1. The molecule has 3 rings (SSSR count). The van der Waals surface area contributed by atoms with Crippen molar-refractivity contribution in [3.8, 4) is 0 Å². The van der Waals surface area contributed by atoms with Crippen LogP contribution in [0.2, 0.25) is 10.0 Å². The Hall–Kier alpha value is -0.760. The number of hydrogen-bond donors (Lipinski definition) is 0. The summed E-state index contributed by atoms with van der Waals surface area (Å²) in [6.45, 7) is 3.90. The standard InChI is InChI=1S/C16H18Cl2N2O3S2/c1-9(2)6-14(21)19-16-20(11-5-3-4-10(17)15(11)18)12-7-25(22,23)8-13(12)24-16/h3-5,9,12-13H,6-8H2,1-2H3/t12-,13-/m0/s1. The van der Waals surface area contributed by atoms with Gasteiger partial charge in [-0.05, 0) is 18.1 Å². The van der Waals surface area contributed by atoms with Crippen LogP contribution in [0.15, 0.2) is 23.2 Å². The minimum atomic E-state index is -3.12. The maximum Gasteiger partial charge on any atom is 0.248 e. The zero-order valence-corrected chi connectivity index (χ0v) is 16.9. The summed E-state index contributed by atoms with van der Waals surface area (Å²) in [7, 11) is -3.12. The average Bonchev–Trinajstić information content (AvgIpc) is 2.92. The van der Waals surface area contributed by atoms with Gasteiger partial charge in [0.2, 0.25) is 5.91 Å². The maximum atomic E-state index is 12.2. The van der Waals surface area contributed by atoms with Crippen LogP contribution in [0.25, 0.3) is 0 Å². The van der Waals surface area contributed by atoms with E-state index in [4.69, 9.17) is 23.2 Å². The van der Waals surface area contributed by atoms with Crippen LogP contribution in [0, 0.1) is 5.92 Å². The van der Waals surface area contributed by atoms with Crippen LogP contribution in [-0.2, 0) is 14.6 Å². The first-order valence-electron chi connectivity index (χ1n) is 7.90. The third-order valence-electron chi connectivity index (χ3n) is 4.06. The Bertz CT molecular complexity index is 840. The molecule has 0 saturated carbocycles. The number of rotatable bonds is 3. The van der Waals surface area contributed by atoms with Gasteiger partial charge in [0.25, 0.3) is 0 Å². The number of amides is 1. The highest BCUT2D eigenvalue weighted by Crippen LogP contribution is 2.44. The molecule has 1 aromatic carbocycles. The number of carbonyl (C=O) groups excluding carboxylic acids is 1. The van der Waals surface area contributed by atoms with Gasteiger partial charge in [-0.3, -0.25) is 4.79 Å². The second-order valence-corrected chi connectivity index (χ2v) is 10.8. The lowest BCUT2D eigenvalue weighted by Gasteiger charge is -2.25. The number of hydrogen-bond acceptors (Lipinski definition) is 4. The Morgan fingerprint density at radius 2 is 2.08 bits per heavy atom. The van der Waals surface area contributed by atoms with Crippen molar-refractivity contribution in [2.45, 2.75) is 31.6 Å². The number of halogens is 2. The molecule has 1 amide bonds. The van der Waals surface area contributed by atoms with Crippen molar-refractivity contribution in [1.82, 2.24) is 0 Å². The molecule has 0 aliphatic carbocycles. The highest BCUT2D eigenvalue weighted by molar-refractivity contribution is 8.16. The van der Waals surface area contributed by atoms with E-state index in [1.54, 1.807) is 23.1 Å². The van der Waals surface area contributed by atoms with Crippen LogP contribution in [-0.4, -0.2) is 42.3 Å². The summed E-state index contributed by atoms with van der Waals surface area (Å²) >= 11 is 13.8. The van der Waals surface area contributed by atoms with E-state index in [2.05, 4.69) is 4.99 Å². The van der Waals surface area contributed by atoms with Gasteiger partial charge in [-0.2, -0.15) is 4.99 Å². The van der Waals surface area contributed by atoms with E-state index in [1.807, 2.05) is 13.8 Å². The van der Waals surface area contributed by atoms with Crippen LogP contribution < -0.4 is 4.90 Å². The Morgan fingerprint density at radius 3 is 2.76 bits per heavy atom. The third-order valence-corrected chi connectivity index (χ3v) is 8.08. The average molecular weight is 421 g/mol. The number of anilines is 1. The SMILES string of the molecule is CC(C)CC(=O)N=C1S[C@H]2CS(=O)(=O)C[C@@H]2N1c1cccc(Cl)c1Cl. The number of benzene rings is 1. The summed E-state index contributed by atoms with van der Waals surface area (Å²) in [4.78, 5) is 18.2. The quantitative estimate of drug-likeness (QED) is 0.746. The second-order valence-electron chi connectivity index (χ2n) is 6.63. The van der Waals surface area contributed by atoms with Crippen molar-refractivity contribution in [2.24, 2.45) is 10.9 Å².